The standard InChI is InChI=1S/C55H36N2S/c1-4-17-37(18-5-1)56(40-32-34-53-46(35-40)44-24-12-15-30-52(44)58-53)41-31-33-43-42-23-10-13-26-47(42)55(50(43)36-41)48-27-14-11-25-45(48)54-49(55)28-16-29-51(54)57(38-19-6-2-7-20-38)39-21-8-3-9-22-39/h1-36H. The lowest BCUT2D eigenvalue weighted by molar-refractivity contribution is 0.793. The fourth-order valence-corrected chi connectivity index (χ4v) is 11.0. The molecule has 0 aliphatic heterocycles. The van der Waals surface area contributed by atoms with E-state index in [9.17, 15) is 0 Å². The summed E-state index contributed by atoms with van der Waals surface area (Å²) >= 11 is 1.86. The van der Waals surface area contributed by atoms with Gasteiger partial charge in [-0.2, -0.15) is 0 Å². The molecule has 1 spiro atoms. The van der Waals surface area contributed by atoms with Crippen LogP contribution in [-0.4, -0.2) is 0 Å². The summed E-state index contributed by atoms with van der Waals surface area (Å²) in [4.78, 5) is 4.86. The molecule has 0 radical (unpaired) electrons. The second kappa shape index (κ2) is 12.9. The quantitative estimate of drug-likeness (QED) is 0.167. The highest BCUT2D eigenvalue weighted by molar-refractivity contribution is 7.25. The van der Waals surface area contributed by atoms with Crippen LogP contribution in [0.3, 0.4) is 0 Å². The van der Waals surface area contributed by atoms with E-state index < -0.39 is 5.41 Å². The van der Waals surface area contributed by atoms with Gasteiger partial charge in [-0.25, -0.2) is 0 Å². The number of hydrogen-bond donors (Lipinski definition) is 0. The van der Waals surface area contributed by atoms with Crippen LogP contribution in [0.25, 0.3) is 42.4 Å². The van der Waals surface area contributed by atoms with E-state index in [1.807, 2.05) is 11.3 Å². The summed E-state index contributed by atoms with van der Waals surface area (Å²) in [5.41, 5.74) is 16.7. The maximum absolute atomic E-state index is 2.49. The first-order valence-electron chi connectivity index (χ1n) is 19.9. The molecular formula is C55H36N2S. The van der Waals surface area contributed by atoms with Crippen molar-refractivity contribution in [1.29, 1.82) is 0 Å². The Morgan fingerprint density at radius 2 is 0.828 bits per heavy atom. The third-order valence-electron chi connectivity index (χ3n) is 12.2. The lowest BCUT2D eigenvalue weighted by Gasteiger charge is -2.33. The zero-order chi connectivity index (χ0) is 38.2. The molecule has 272 valence electrons. The Kier molecular flexibility index (Phi) is 7.35. The van der Waals surface area contributed by atoms with Crippen LogP contribution in [0.1, 0.15) is 22.3 Å². The van der Waals surface area contributed by atoms with Crippen molar-refractivity contribution < 1.29 is 0 Å². The Balaban J connectivity index is 1.13. The number of para-hydroxylation sites is 3. The molecule has 0 saturated carbocycles. The molecule has 1 aromatic heterocycles. The summed E-state index contributed by atoms with van der Waals surface area (Å²) in [6.45, 7) is 0. The minimum atomic E-state index is -0.529. The molecule has 0 N–H and O–H groups in total. The molecule has 1 unspecified atom stereocenters. The summed E-state index contributed by atoms with van der Waals surface area (Å²) in [7, 11) is 0. The molecule has 0 saturated heterocycles. The molecule has 9 aromatic carbocycles. The van der Waals surface area contributed by atoms with E-state index in [1.54, 1.807) is 0 Å². The molecule has 58 heavy (non-hydrogen) atoms. The monoisotopic (exact) mass is 756 g/mol. The summed E-state index contributed by atoms with van der Waals surface area (Å²) < 4.78 is 2.62. The van der Waals surface area contributed by atoms with E-state index in [4.69, 9.17) is 0 Å². The van der Waals surface area contributed by atoms with Crippen molar-refractivity contribution >= 4 is 65.6 Å². The van der Waals surface area contributed by atoms with Gasteiger partial charge in [0.2, 0.25) is 0 Å². The van der Waals surface area contributed by atoms with Gasteiger partial charge < -0.3 is 9.80 Å². The van der Waals surface area contributed by atoms with Crippen molar-refractivity contribution in [3.05, 3.63) is 241 Å². The van der Waals surface area contributed by atoms with Gasteiger partial charge in [0.25, 0.3) is 0 Å². The SMILES string of the molecule is c1ccc(N(c2ccc3c(c2)C2(c4ccccc4-3)c3ccccc3-c3c(N(c4ccccc4)c4ccccc4)cccc32)c2ccc3sc4ccccc4c3c2)cc1. The van der Waals surface area contributed by atoms with Gasteiger partial charge in [-0.1, -0.05) is 140 Å². The Labute approximate surface area is 342 Å². The Morgan fingerprint density at radius 1 is 0.310 bits per heavy atom. The molecule has 2 nitrogen and oxygen atoms in total. The minimum absolute atomic E-state index is 0.529. The molecule has 2 aliphatic carbocycles. The number of rotatable bonds is 6. The normalized spacial score (nSPS) is 14.6. The molecule has 0 amide bonds. The van der Waals surface area contributed by atoms with Crippen molar-refractivity contribution in [3.8, 4) is 22.3 Å². The number of fused-ring (bicyclic) bond motifs is 13. The van der Waals surface area contributed by atoms with Crippen molar-refractivity contribution in [2.45, 2.75) is 5.41 Å². The second-order valence-corrected chi connectivity index (χ2v) is 16.3. The average molecular weight is 757 g/mol. The van der Waals surface area contributed by atoms with Gasteiger partial charge in [0.15, 0.2) is 0 Å². The van der Waals surface area contributed by atoms with Crippen molar-refractivity contribution in [3.63, 3.8) is 0 Å². The maximum Gasteiger partial charge on any atom is 0.0727 e. The average Bonchev–Trinajstić information content (AvgIpc) is 3.92. The molecule has 1 atom stereocenters. The van der Waals surface area contributed by atoms with Gasteiger partial charge >= 0.3 is 0 Å². The topological polar surface area (TPSA) is 6.48 Å². The number of benzene rings is 9. The van der Waals surface area contributed by atoms with Gasteiger partial charge in [0.05, 0.1) is 11.1 Å². The maximum atomic E-state index is 2.49. The Hall–Kier alpha value is -7.20. The van der Waals surface area contributed by atoms with Gasteiger partial charge in [-0.3, -0.25) is 0 Å². The Morgan fingerprint density at radius 3 is 1.55 bits per heavy atom. The second-order valence-electron chi connectivity index (χ2n) is 15.2. The zero-order valence-corrected chi connectivity index (χ0v) is 32.4. The third-order valence-corrected chi connectivity index (χ3v) is 13.4. The van der Waals surface area contributed by atoms with Gasteiger partial charge in [0, 0.05) is 54.2 Å². The van der Waals surface area contributed by atoms with Crippen LogP contribution in [0.4, 0.5) is 34.1 Å². The molecule has 2 aliphatic rings. The number of thiophene rings is 1. The van der Waals surface area contributed by atoms with E-state index >= 15 is 0 Å². The van der Waals surface area contributed by atoms with Crippen LogP contribution in [-0.2, 0) is 5.41 Å². The van der Waals surface area contributed by atoms with Crippen LogP contribution in [0.5, 0.6) is 0 Å². The first kappa shape index (κ1) is 33.0. The van der Waals surface area contributed by atoms with Crippen LogP contribution < -0.4 is 9.80 Å². The van der Waals surface area contributed by atoms with Crippen molar-refractivity contribution in [2.24, 2.45) is 0 Å². The molecule has 12 rings (SSSR count). The largest absolute Gasteiger partial charge is 0.310 e. The van der Waals surface area contributed by atoms with Gasteiger partial charge in [0.1, 0.15) is 0 Å². The first-order chi connectivity index (χ1) is 28.8. The summed E-state index contributed by atoms with van der Waals surface area (Å²) in [5, 5.41) is 2.59. The number of hydrogen-bond acceptors (Lipinski definition) is 3. The minimum Gasteiger partial charge on any atom is -0.310 e. The lowest BCUT2D eigenvalue weighted by atomic mass is 9.70. The smallest absolute Gasteiger partial charge is 0.0727 e. The third kappa shape index (κ3) is 4.71. The highest BCUT2D eigenvalue weighted by Gasteiger charge is 2.52. The van der Waals surface area contributed by atoms with Crippen LogP contribution in [0.2, 0.25) is 0 Å². The predicted octanol–water partition coefficient (Wildman–Crippen LogP) is 15.3. The Bertz CT molecular complexity index is 3150. The van der Waals surface area contributed by atoms with Gasteiger partial charge in [-0.15, -0.1) is 11.3 Å². The zero-order valence-electron chi connectivity index (χ0n) is 31.6. The summed E-state index contributed by atoms with van der Waals surface area (Å²) in [5.74, 6) is 0. The highest BCUT2D eigenvalue weighted by atomic mass is 32.1. The van der Waals surface area contributed by atoms with E-state index in [-0.39, 0.29) is 0 Å². The fourth-order valence-electron chi connectivity index (χ4n) is 9.94. The van der Waals surface area contributed by atoms with Gasteiger partial charge in [-0.05, 0) is 118 Å². The lowest BCUT2D eigenvalue weighted by Crippen LogP contribution is -2.26. The highest BCUT2D eigenvalue weighted by Crippen LogP contribution is 2.65. The molecule has 0 fully saturated rings. The molecule has 1 heterocycles. The fraction of sp³-hybridized carbons (Fsp3) is 0.0182. The van der Waals surface area contributed by atoms with Crippen molar-refractivity contribution in [1.82, 2.24) is 0 Å². The first-order valence-corrected chi connectivity index (χ1v) is 20.8. The van der Waals surface area contributed by atoms with E-state index in [2.05, 4.69) is 228 Å². The molecule has 10 aromatic rings. The summed E-state index contributed by atoms with van der Waals surface area (Å²) in [6, 6.07) is 80.5. The van der Waals surface area contributed by atoms with Crippen LogP contribution >= 0.6 is 11.3 Å². The number of nitrogens with zero attached hydrogens (tertiary/aromatic N) is 2. The van der Waals surface area contributed by atoms with E-state index in [0.29, 0.717) is 0 Å². The van der Waals surface area contributed by atoms with Crippen LogP contribution in [0, 0.1) is 0 Å². The molecule has 3 heteroatoms. The van der Waals surface area contributed by atoms with Crippen molar-refractivity contribution in [2.75, 3.05) is 9.80 Å². The summed E-state index contributed by atoms with van der Waals surface area (Å²) in [6.07, 6.45) is 0. The predicted molar refractivity (Wildman–Crippen MR) is 245 cm³/mol. The van der Waals surface area contributed by atoms with Crippen LogP contribution in [0.15, 0.2) is 218 Å². The number of anilines is 6. The van der Waals surface area contributed by atoms with E-state index in [0.717, 1.165) is 28.4 Å². The van der Waals surface area contributed by atoms with E-state index in [1.165, 1.54) is 70.4 Å². The molecular weight excluding hydrogens is 721 g/mol. The molecule has 0 bridgehead atoms.